The van der Waals surface area contributed by atoms with Gasteiger partial charge in [0.2, 0.25) is 0 Å². The Labute approximate surface area is 121 Å². The summed E-state index contributed by atoms with van der Waals surface area (Å²) in [6.45, 7) is 11.9. The molecule has 0 bridgehead atoms. The van der Waals surface area contributed by atoms with E-state index >= 15 is 0 Å². The molecule has 5 heteroatoms. The normalized spacial score (nSPS) is 18.6. The van der Waals surface area contributed by atoms with Crippen LogP contribution >= 0.6 is 0 Å². The third kappa shape index (κ3) is 3.60. The topological polar surface area (TPSA) is 59.1 Å². The van der Waals surface area contributed by atoms with Gasteiger partial charge in [-0.05, 0) is 20.3 Å². The van der Waals surface area contributed by atoms with E-state index in [1.54, 1.807) is 0 Å². The van der Waals surface area contributed by atoms with Crippen LogP contribution in [0.2, 0.25) is 0 Å². The molecule has 0 aliphatic carbocycles. The molecule has 1 saturated heterocycles. The van der Waals surface area contributed by atoms with Crippen molar-refractivity contribution >= 4 is 11.6 Å². The molecule has 2 rings (SSSR count). The van der Waals surface area contributed by atoms with Gasteiger partial charge >= 0.3 is 0 Å². The molecular formula is C15H26N4O. The van der Waals surface area contributed by atoms with Gasteiger partial charge in [-0.3, -0.25) is 0 Å². The Kier molecular flexibility index (Phi) is 5.17. The lowest BCUT2D eigenvalue weighted by Crippen LogP contribution is -2.17. The summed E-state index contributed by atoms with van der Waals surface area (Å²) >= 11 is 0. The standard InChI is InChI=1S/C15H26N4O/c1-5-16-14-11(4)15(19-13(18-14)10(2)3)17-8-12-6-7-20-9-12/h10,12H,5-9H2,1-4H3,(H2,16,17,18,19). The molecular weight excluding hydrogens is 252 g/mol. The van der Waals surface area contributed by atoms with E-state index < -0.39 is 0 Å². The smallest absolute Gasteiger partial charge is 0.135 e. The highest BCUT2D eigenvalue weighted by molar-refractivity contribution is 5.57. The quantitative estimate of drug-likeness (QED) is 0.838. The molecule has 2 N–H and O–H groups in total. The lowest BCUT2D eigenvalue weighted by Gasteiger charge is -2.17. The van der Waals surface area contributed by atoms with Gasteiger partial charge in [0.1, 0.15) is 17.5 Å². The van der Waals surface area contributed by atoms with Crippen LogP contribution in [0, 0.1) is 12.8 Å². The second kappa shape index (κ2) is 6.88. The van der Waals surface area contributed by atoms with E-state index in [0.29, 0.717) is 11.8 Å². The average Bonchev–Trinajstić information content (AvgIpc) is 2.92. The van der Waals surface area contributed by atoms with E-state index in [4.69, 9.17) is 4.74 Å². The van der Waals surface area contributed by atoms with Crippen molar-refractivity contribution in [1.82, 2.24) is 9.97 Å². The fourth-order valence-electron chi connectivity index (χ4n) is 2.29. The molecule has 0 aromatic carbocycles. The third-order valence-corrected chi connectivity index (χ3v) is 3.61. The van der Waals surface area contributed by atoms with Gasteiger partial charge < -0.3 is 15.4 Å². The minimum atomic E-state index is 0.323. The van der Waals surface area contributed by atoms with Crippen molar-refractivity contribution in [2.45, 2.75) is 40.0 Å². The molecule has 112 valence electrons. The zero-order valence-electron chi connectivity index (χ0n) is 13.0. The van der Waals surface area contributed by atoms with E-state index in [0.717, 1.165) is 55.7 Å². The zero-order valence-corrected chi connectivity index (χ0v) is 13.0. The van der Waals surface area contributed by atoms with Crippen molar-refractivity contribution in [3.63, 3.8) is 0 Å². The van der Waals surface area contributed by atoms with Crippen LogP contribution in [0.4, 0.5) is 11.6 Å². The van der Waals surface area contributed by atoms with Gasteiger partial charge in [-0.15, -0.1) is 0 Å². The predicted octanol–water partition coefficient (Wildman–Crippen LogP) is 2.79. The molecule has 0 saturated carbocycles. The molecule has 1 aliphatic rings. The number of nitrogens with zero attached hydrogens (tertiary/aromatic N) is 2. The number of ether oxygens (including phenoxy) is 1. The fourth-order valence-corrected chi connectivity index (χ4v) is 2.29. The Balaban J connectivity index is 2.15. The Hall–Kier alpha value is -1.36. The summed E-state index contributed by atoms with van der Waals surface area (Å²) in [7, 11) is 0. The number of aromatic nitrogens is 2. The monoisotopic (exact) mass is 278 g/mol. The van der Waals surface area contributed by atoms with E-state index in [9.17, 15) is 0 Å². The summed E-state index contributed by atoms with van der Waals surface area (Å²) in [5.74, 6) is 3.69. The molecule has 20 heavy (non-hydrogen) atoms. The Morgan fingerprint density at radius 2 is 1.95 bits per heavy atom. The van der Waals surface area contributed by atoms with Crippen molar-refractivity contribution in [2.24, 2.45) is 5.92 Å². The van der Waals surface area contributed by atoms with Crippen LogP contribution in [0.15, 0.2) is 0 Å². The second-order valence-corrected chi connectivity index (χ2v) is 5.70. The first-order chi connectivity index (χ1) is 9.61. The first-order valence-corrected chi connectivity index (χ1v) is 7.55. The fraction of sp³-hybridized carbons (Fsp3) is 0.733. The highest BCUT2D eigenvalue weighted by Crippen LogP contribution is 2.24. The summed E-state index contributed by atoms with van der Waals surface area (Å²) in [5.41, 5.74) is 1.09. The van der Waals surface area contributed by atoms with Gasteiger partial charge in [0.05, 0.1) is 6.61 Å². The molecule has 1 aliphatic heterocycles. The lowest BCUT2D eigenvalue weighted by molar-refractivity contribution is 0.187. The molecule has 2 heterocycles. The number of hydrogen-bond donors (Lipinski definition) is 2. The minimum Gasteiger partial charge on any atom is -0.381 e. The van der Waals surface area contributed by atoms with Crippen LogP contribution in [-0.4, -0.2) is 36.3 Å². The first-order valence-electron chi connectivity index (χ1n) is 7.55. The van der Waals surface area contributed by atoms with Crippen LogP contribution in [0.3, 0.4) is 0 Å². The summed E-state index contributed by atoms with van der Waals surface area (Å²) in [4.78, 5) is 9.29. The first kappa shape index (κ1) is 15.0. The molecule has 1 unspecified atom stereocenters. The molecule has 0 amide bonds. The summed E-state index contributed by atoms with van der Waals surface area (Å²) in [5, 5.41) is 6.80. The van der Waals surface area contributed by atoms with Gasteiger partial charge in [0, 0.05) is 37.1 Å². The predicted molar refractivity (Wildman–Crippen MR) is 82.4 cm³/mol. The molecule has 5 nitrogen and oxygen atoms in total. The lowest BCUT2D eigenvalue weighted by atomic mass is 10.1. The van der Waals surface area contributed by atoms with Gasteiger partial charge in [0.15, 0.2) is 0 Å². The molecule has 1 atom stereocenters. The summed E-state index contributed by atoms with van der Waals surface area (Å²) in [6.07, 6.45) is 1.13. The van der Waals surface area contributed by atoms with E-state index in [2.05, 4.69) is 48.3 Å². The Bertz CT molecular complexity index is 442. The van der Waals surface area contributed by atoms with Gasteiger partial charge in [-0.25, -0.2) is 9.97 Å². The van der Waals surface area contributed by atoms with Crippen LogP contribution in [-0.2, 0) is 4.74 Å². The molecule has 0 spiro atoms. The largest absolute Gasteiger partial charge is 0.381 e. The van der Waals surface area contributed by atoms with Gasteiger partial charge in [0.25, 0.3) is 0 Å². The van der Waals surface area contributed by atoms with Crippen molar-refractivity contribution in [1.29, 1.82) is 0 Å². The highest BCUT2D eigenvalue weighted by Gasteiger charge is 2.17. The van der Waals surface area contributed by atoms with Crippen molar-refractivity contribution in [3.05, 3.63) is 11.4 Å². The van der Waals surface area contributed by atoms with Crippen LogP contribution in [0.5, 0.6) is 0 Å². The molecule has 1 aromatic rings. The van der Waals surface area contributed by atoms with Crippen LogP contribution in [0.25, 0.3) is 0 Å². The molecule has 0 radical (unpaired) electrons. The van der Waals surface area contributed by atoms with Gasteiger partial charge in [-0.2, -0.15) is 0 Å². The highest BCUT2D eigenvalue weighted by atomic mass is 16.5. The number of hydrogen-bond acceptors (Lipinski definition) is 5. The summed E-state index contributed by atoms with van der Waals surface area (Å²) in [6, 6.07) is 0. The average molecular weight is 278 g/mol. The number of anilines is 2. The van der Waals surface area contributed by atoms with E-state index in [1.807, 2.05) is 0 Å². The zero-order chi connectivity index (χ0) is 14.5. The van der Waals surface area contributed by atoms with Crippen molar-refractivity contribution in [2.75, 3.05) is 36.9 Å². The Morgan fingerprint density at radius 1 is 1.25 bits per heavy atom. The summed E-state index contributed by atoms with van der Waals surface area (Å²) < 4.78 is 5.41. The minimum absolute atomic E-state index is 0.323. The van der Waals surface area contributed by atoms with Crippen LogP contribution in [0.1, 0.15) is 44.5 Å². The molecule has 1 aromatic heterocycles. The number of rotatable bonds is 6. The van der Waals surface area contributed by atoms with E-state index in [1.165, 1.54) is 0 Å². The molecule has 1 fully saturated rings. The van der Waals surface area contributed by atoms with Crippen molar-refractivity contribution in [3.8, 4) is 0 Å². The second-order valence-electron chi connectivity index (χ2n) is 5.70. The third-order valence-electron chi connectivity index (χ3n) is 3.61. The van der Waals surface area contributed by atoms with Crippen LogP contribution < -0.4 is 10.6 Å². The Morgan fingerprint density at radius 3 is 2.50 bits per heavy atom. The van der Waals surface area contributed by atoms with Crippen molar-refractivity contribution < 1.29 is 4.74 Å². The van der Waals surface area contributed by atoms with Gasteiger partial charge in [-0.1, -0.05) is 13.8 Å². The van der Waals surface area contributed by atoms with E-state index in [-0.39, 0.29) is 0 Å². The maximum Gasteiger partial charge on any atom is 0.135 e. The number of nitrogens with one attached hydrogen (secondary N) is 2. The SMILES string of the molecule is CCNc1nc(C(C)C)nc(NCC2CCOC2)c1C. The maximum atomic E-state index is 5.41. The maximum absolute atomic E-state index is 5.41.